The first-order chi connectivity index (χ1) is 15.7. The Morgan fingerprint density at radius 1 is 1.06 bits per heavy atom. The zero-order valence-corrected chi connectivity index (χ0v) is 22.2. The van der Waals surface area contributed by atoms with E-state index in [9.17, 15) is 18.0 Å². The predicted molar refractivity (Wildman–Crippen MR) is 137 cm³/mol. The average Bonchev–Trinajstić information content (AvgIpc) is 2.72. The van der Waals surface area contributed by atoms with Crippen LogP contribution in [0.25, 0.3) is 0 Å². The van der Waals surface area contributed by atoms with E-state index in [1.807, 2.05) is 58.0 Å². The molecule has 1 unspecified atom stereocenters. The molecule has 0 bridgehead atoms. The Morgan fingerprint density at radius 3 is 2.21 bits per heavy atom. The Hall–Kier alpha value is -2.58. The monoisotopic (exact) mass is 507 g/mol. The lowest BCUT2D eigenvalue weighted by Gasteiger charge is -2.34. The van der Waals surface area contributed by atoms with Crippen molar-refractivity contribution in [1.29, 1.82) is 0 Å². The molecule has 0 fully saturated rings. The molecule has 0 aliphatic carbocycles. The SMILES string of the molecule is CCC(C(=O)NC(C)(C)C)N(Cc1ccccc1)C(=O)CN(c1cccc(Cl)c1C)S(C)(=O)=O. The maximum atomic E-state index is 13.7. The van der Waals surface area contributed by atoms with Gasteiger partial charge in [-0.05, 0) is 57.4 Å². The van der Waals surface area contributed by atoms with Gasteiger partial charge in [-0.1, -0.05) is 54.9 Å². The smallest absolute Gasteiger partial charge is 0.244 e. The third kappa shape index (κ3) is 7.46. The summed E-state index contributed by atoms with van der Waals surface area (Å²) in [4.78, 5) is 28.2. The van der Waals surface area contributed by atoms with Crippen molar-refractivity contribution in [2.24, 2.45) is 0 Å². The van der Waals surface area contributed by atoms with E-state index < -0.39 is 34.1 Å². The van der Waals surface area contributed by atoms with Gasteiger partial charge in [-0.3, -0.25) is 13.9 Å². The van der Waals surface area contributed by atoms with Gasteiger partial charge >= 0.3 is 0 Å². The van der Waals surface area contributed by atoms with Crippen molar-refractivity contribution in [2.75, 3.05) is 17.1 Å². The van der Waals surface area contributed by atoms with Gasteiger partial charge in [0.2, 0.25) is 21.8 Å². The van der Waals surface area contributed by atoms with E-state index in [1.54, 1.807) is 25.1 Å². The number of nitrogens with zero attached hydrogens (tertiary/aromatic N) is 2. The summed E-state index contributed by atoms with van der Waals surface area (Å²) in [7, 11) is -3.81. The molecule has 0 aliphatic heterocycles. The third-order valence-corrected chi connectivity index (χ3v) is 6.80. The Balaban J connectivity index is 2.48. The highest BCUT2D eigenvalue weighted by Crippen LogP contribution is 2.28. The van der Waals surface area contributed by atoms with Crippen molar-refractivity contribution in [3.63, 3.8) is 0 Å². The molecule has 0 aromatic heterocycles. The van der Waals surface area contributed by atoms with Crippen molar-refractivity contribution < 1.29 is 18.0 Å². The summed E-state index contributed by atoms with van der Waals surface area (Å²) in [5.41, 5.74) is 1.23. The van der Waals surface area contributed by atoms with Crippen LogP contribution in [0.4, 0.5) is 5.69 Å². The molecule has 0 aliphatic rings. The van der Waals surface area contributed by atoms with Gasteiger partial charge < -0.3 is 10.2 Å². The number of sulfonamides is 1. The maximum absolute atomic E-state index is 13.7. The van der Waals surface area contributed by atoms with Crippen molar-refractivity contribution in [3.8, 4) is 0 Å². The molecule has 186 valence electrons. The number of carbonyl (C=O) groups is 2. The number of amides is 2. The molecule has 2 rings (SSSR count). The van der Waals surface area contributed by atoms with Crippen LogP contribution < -0.4 is 9.62 Å². The Morgan fingerprint density at radius 2 is 1.68 bits per heavy atom. The Bertz CT molecular complexity index is 1110. The summed E-state index contributed by atoms with van der Waals surface area (Å²) >= 11 is 6.22. The molecular weight excluding hydrogens is 474 g/mol. The van der Waals surface area contributed by atoms with Crippen molar-refractivity contribution >= 4 is 39.1 Å². The quantitative estimate of drug-likeness (QED) is 0.552. The van der Waals surface area contributed by atoms with Gasteiger partial charge in [0.15, 0.2) is 0 Å². The van der Waals surface area contributed by atoms with Crippen LogP contribution in [-0.4, -0.2) is 49.5 Å². The number of benzene rings is 2. The molecule has 0 spiro atoms. The number of halogens is 1. The van der Waals surface area contributed by atoms with Crippen LogP contribution in [-0.2, 0) is 26.2 Å². The third-order valence-electron chi connectivity index (χ3n) is 5.27. The minimum absolute atomic E-state index is 0.169. The number of rotatable bonds is 9. The van der Waals surface area contributed by atoms with Gasteiger partial charge in [-0.15, -0.1) is 0 Å². The average molecular weight is 508 g/mol. The molecule has 34 heavy (non-hydrogen) atoms. The fraction of sp³-hybridized carbons (Fsp3) is 0.440. The van der Waals surface area contributed by atoms with Crippen molar-refractivity contribution in [1.82, 2.24) is 10.2 Å². The van der Waals surface area contributed by atoms with Gasteiger partial charge in [0.1, 0.15) is 12.6 Å². The lowest BCUT2D eigenvalue weighted by atomic mass is 10.1. The van der Waals surface area contributed by atoms with E-state index in [4.69, 9.17) is 11.6 Å². The van der Waals surface area contributed by atoms with Crippen molar-refractivity contribution in [3.05, 3.63) is 64.7 Å². The van der Waals surface area contributed by atoms with Gasteiger partial charge in [0.05, 0.1) is 11.9 Å². The zero-order chi connectivity index (χ0) is 25.7. The first kappa shape index (κ1) is 27.7. The molecule has 0 saturated carbocycles. The van der Waals surface area contributed by atoms with Crippen LogP contribution in [0.5, 0.6) is 0 Å². The highest BCUT2D eigenvalue weighted by Gasteiger charge is 2.33. The maximum Gasteiger partial charge on any atom is 0.244 e. The van der Waals surface area contributed by atoms with E-state index in [0.717, 1.165) is 16.1 Å². The topological polar surface area (TPSA) is 86.8 Å². The number of anilines is 1. The van der Waals surface area contributed by atoms with E-state index >= 15 is 0 Å². The van der Waals surface area contributed by atoms with Gasteiger partial charge in [0.25, 0.3) is 0 Å². The van der Waals surface area contributed by atoms with E-state index in [2.05, 4.69) is 5.32 Å². The molecule has 1 N–H and O–H groups in total. The molecule has 0 radical (unpaired) electrons. The normalized spacial score (nSPS) is 12.7. The van der Waals surface area contributed by atoms with Crippen molar-refractivity contribution in [2.45, 2.75) is 59.2 Å². The van der Waals surface area contributed by atoms with Crippen LogP contribution in [0.2, 0.25) is 5.02 Å². The number of carbonyl (C=O) groups excluding carboxylic acids is 2. The zero-order valence-electron chi connectivity index (χ0n) is 20.6. The van der Waals surface area contributed by atoms with Crippen LogP contribution >= 0.6 is 11.6 Å². The molecule has 0 saturated heterocycles. The molecule has 2 aromatic rings. The predicted octanol–water partition coefficient (Wildman–Crippen LogP) is 4.14. The van der Waals surface area contributed by atoms with Gasteiger partial charge in [-0.2, -0.15) is 0 Å². The number of nitrogens with one attached hydrogen (secondary N) is 1. The lowest BCUT2D eigenvalue weighted by Crippen LogP contribution is -2.55. The second-order valence-electron chi connectivity index (χ2n) is 9.32. The van der Waals surface area contributed by atoms with Crippen LogP contribution in [0.3, 0.4) is 0 Å². The molecule has 2 aromatic carbocycles. The van der Waals surface area contributed by atoms with Crippen LogP contribution in [0.1, 0.15) is 45.2 Å². The molecule has 2 amide bonds. The van der Waals surface area contributed by atoms with Gasteiger partial charge in [0, 0.05) is 17.1 Å². The number of hydrogen-bond donors (Lipinski definition) is 1. The standard InChI is InChI=1S/C25H34ClN3O4S/c1-7-21(24(31)27-25(3,4)5)28(16-19-12-9-8-10-13-19)23(30)17-29(34(6,32)33)22-15-11-14-20(26)18(22)2/h8-15,21H,7,16-17H2,1-6H3,(H,27,31). The lowest BCUT2D eigenvalue weighted by molar-refractivity contribution is -0.141. The summed E-state index contributed by atoms with van der Waals surface area (Å²) in [6, 6.07) is 13.4. The molecule has 1 atom stereocenters. The molecular formula is C25H34ClN3O4S. The van der Waals surface area contributed by atoms with E-state index in [1.165, 1.54) is 4.90 Å². The summed E-state index contributed by atoms with van der Waals surface area (Å²) in [5.74, 6) is -0.770. The first-order valence-corrected chi connectivity index (χ1v) is 13.4. The molecule has 9 heteroatoms. The van der Waals surface area contributed by atoms with Crippen LogP contribution in [0.15, 0.2) is 48.5 Å². The second-order valence-corrected chi connectivity index (χ2v) is 11.6. The summed E-state index contributed by atoms with van der Waals surface area (Å²) in [5, 5.41) is 3.34. The molecule has 7 nitrogen and oxygen atoms in total. The second kappa shape index (κ2) is 11.2. The molecule has 0 heterocycles. The van der Waals surface area contributed by atoms with Crippen LogP contribution in [0, 0.1) is 6.92 Å². The summed E-state index contributed by atoms with van der Waals surface area (Å²) in [6.07, 6.45) is 1.42. The first-order valence-electron chi connectivity index (χ1n) is 11.1. The van der Waals surface area contributed by atoms with Gasteiger partial charge in [-0.25, -0.2) is 8.42 Å². The summed E-state index contributed by atoms with van der Waals surface area (Å²) < 4.78 is 26.5. The van der Waals surface area contributed by atoms with E-state index in [0.29, 0.717) is 22.7 Å². The minimum Gasteiger partial charge on any atom is -0.350 e. The Kier molecular flexibility index (Phi) is 9.14. The minimum atomic E-state index is -3.81. The van der Waals surface area contributed by atoms with E-state index in [-0.39, 0.29) is 12.5 Å². The largest absolute Gasteiger partial charge is 0.350 e. The Labute approximate surface area is 208 Å². The fourth-order valence-corrected chi connectivity index (χ4v) is 4.68. The highest BCUT2D eigenvalue weighted by molar-refractivity contribution is 7.92. The summed E-state index contributed by atoms with van der Waals surface area (Å²) in [6.45, 7) is 8.85. The fourth-order valence-electron chi connectivity index (χ4n) is 3.61. The number of hydrogen-bond acceptors (Lipinski definition) is 4. The highest BCUT2D eigenvalue weighted by atomic mass is 35.5.